The molecule has 3 heteroatoms. The van der Waals surface area contributed by atoms with E-state index in [0.717, 1.165) is 17.8 Å². The fourth-order valence-corrected chi connectivity index (χ4v) is 1.96. The quantitative estimate of drug-likeness (QED) is 0.768. The van der Waals surface area contributed by atoms with Crippen LogP contribution in [0.15, 0.2) is 48.7 Å². The molecule has 0 saturated carbocycles. The molecule has 1 heterocycles. The van der Waals surface area contributed by atoms with Crippen molar-refractivity contribution in [2.75, 3.05) is 14.1 Å². The van der Waals surface area contributed by atoms with Gasteiger partial charge in [0.2, 0.25) is 5.78 Å². The molecule has 0 fully saturated rings. The van der Waals surface area contributed by atoms with E-state index in [9.17, 15) is 4.79 Å². The highest BCUT2D eigenvalue weighted by Crippen LogP contribution is 2.12. The highest BCUT2D eigenvalue weighted by atomic mass is 16.1. The van der Waals surface area contributed by atoms with Crippen molar-refractivity contribution in [3.63, 3.8) is 0 Å². The lowest BCUT2D eigenvalue weighted by Crippen LogP contribution is -2.30. The predicted molar refractivity (Wildman–Crippen MR) is 77.5 cm³/mol. The molecule has 0 amide bonds. The summed E-state index contributed by atoms with van der Waals surface area (Å²) in [5.74, 6) is 0.0801. The van der Waals surface area contributed by atoms with Gasteiger partial charge in [-0.15, -0.1) is 0 Å². The third kappa shape index (κ3) is 3.12. The zero-order valence-electron chi connectivity index (χ0n) is 11.7. The molecular formula is C16H20N2O. The second-order valence-corrected chi connectivity index (χ2v) is 5.05. The Bertz CT molecular complexity index is 543. The lowest BCUT2D eigenvalue weighted by Gasteiger charge is -2.21. The van der Waals surface area contributed by atoms with Crippen molar-refractivity contribution in [2.45, 2.75) is 19.5 Å². The van der Waals surface area contributed by atoms with Gasteiger partial charge < -0.3 is 9.47 Å². The van der Waals surface area contributed by atoms with Crippen LogP contribution in [0.2, 0.25) is 0 Å². The highest BCUT2D eigenvalue weighted by Gasteiger charge is 2.14. The monoisotopic (exact) mass is 256 g/mol. The van der Waals surface area contributed by atoms with Crippen LogP contribution in [-0.2, 0) is 6.54 Å². The van der Waals surface area contributed by atoms with E-state index in [-0.39, 0.29) is 5.78 Å². The van der Waals surface area contributed by atoms with Crippen molar-refractivity contribution in [2.24, 2.45) is 0 Å². The maximum Gasteiger partial charge on any atom is 0.209 e. The number of ketones is 1. The number of rotatable bonds is 5. The van der Waals surface area contributed by atoms with Crippen LogP contribution in [0.4, 0.5) is 0 Å². The molecule has 1 aromatic carbocycles. The molecule has 0 aliphatic carbocycles. The van der Waals surface area contributed by atoms with E-state index >= 15 is 0 Å². The zero-order chi connectivity index (χ0) is 13.8. The van der Waals surface area contributed by atoms with Crippen LogP contribution in [-0.4, -0.2) is 35.4 Å². The Morgan fingerprint density at radius 3 is 2.47 bits per heavy atom. The molecule has 2 rings (SSSR count). The lowest BCUT2D eigenvalue weighted by molar-refractivity contribution is 0.102. The Labute approximate surface area is 114 Å². The first-order valence-electron chi connectivity index (χ1n) is 6.51. The van der Waals surface area contributed by atoms with Crippen LogP contribution in [0.25, 0.3) is 0 Å². The van der Waals surface area contributed by atoms with Gasteiger partial charge in [0.05, 0.1) is 5.69 Å². The van der Waals surface area contributed by atoms with Crippen molar-refractivity contribution in [1.29, 1.82) is 0 Å². The summed E-state index contributed by atoms with van der Waals surface area (Å²) in [6.07, 6.45) is 1.97. The maximum atomic E-state index is 12.4. The summed E-state index contributed by atoms with van der Waals surface area (Å²) in [5.41, 5.74) is 1.49. The molecule has 0 aliphatic heterocycles. The Morgan fingerprint density at radius 2 is 1.84 bits per heavy atom. The van der Waals surface area contributed by atoms with E-state index in [1.54, 1.807) is 0 Å². The average Bonchev–Trinajstić information content (AvgIpc) is 2.87. The summed E-state index contributed by atoms with van der Waals surface area (Å²) in [4.78, 5) is 14.6. The second-order valence-electron chi connectivity index (χ2n) is 5.05. The number of nitrogens with zero attached hydrogens (tertiary/aromatic N) is 2. The number of benzene rings is 1. The van der Waals surface area contributed by atoms with Gasteiger partial charge >= 0.3 is 0 Å². The standard InChI is InChI=1S/C16H20N2O/c1-13(17(2)3)12-18-11-7-10-15(18)16(19)14-8-5-4-6-9-14/h4-11,13H,12H2,1-3H3. The van der Waals surface area contributed by atoms with E-state index in [4.69, 9.17) is 0 Å². The molecule has 0 spiro atoms. The fraction of sp³-hybridized carbons (Fsp3) is 0.312. The van der Waals surface area contributed by atoms with E-state index in [0.29, 0.717) is 6.04 Å². The summed E-state index contributed by atoms with van der Waals surface area (Å²) in [6.45, 7) is 2.96. The van der Waals surface area contributed by atoms with Gasteiger partial charge in [0.1, 0.15) is 0 Å². The Kier molecular flexibility index (Phi) is 4.17. The fourth-order valence-electron chi connectivity index (χ4n) is 1.96. The third-order valence-corrected chi connectivity index (χ3v) is 3.44. The molecule has 0 radical (unpaired) electrons. The summed E-state index contributed by atoms with van der Waals surface area (Å²) >= 11 is 0. The van der Waals surface area contributed by atoms with Gasteiger partial charge in [-0.25, -0.2) is 0 Å². The molecule has 1 unspecified atom stereocenters. The third-order valence-electron chi connectivity index (χ3n) is 3.44. The van der Waals surface area contributed by atoms with Gasteiger partial charge in [0.15, 0.2) is 0 Å². The van der Waals surface area contributed by atoms with Crippen LogP contribution in [0.5, 0.6) is 0 Å². The number of carbonyl (C=O) groups is 1. The number of carbonyl (C=O) groups excluding carboxylic acids is 1. The minimum absolute atomic E-state index is 0.0801. The Balaban J connectivity index is 2.22. The molecule has 1 aromatic heterocycles. The van der Waals surface area contributed by atoms with Crippen LogP contribution in [0.1, 0.15) is 23.0 Å². The normalized spacial score (nSPS) is 12.6. The molecule has 19 heavy (non-hydrogen) atoms. The second kappa shape index (κ2) is 5.85. The van der Waals surface area contributed by atoms with Gasteiger partial charge in [0.25, 0.3) is 0 Å². The maximum absolute atomic E-state index is 12.4. The van der Waals surface area contributed by atoms with Crippen molar-refractivity contribution in [1.82, 2.24) is 9.47 Å². The number of likely N-dealkylation sites (N-methyl/N-ethyl adjacent to an activating group) is 1. The predicted octanol–water partition coefficient (Wildman–Crippen LogP) is 2.67. The van der Waals surface area contributed by atoms with E-state index in [1.165, 1.54) is 0 Å². The van der Waals surface area contributed by atoms with Crippen molar-refractivity contribution in [3.8, 4) is 0 Å². The minimum Gasteiger partial charge on any atom is -0.343 e. The number of hydrogen-bond acceptors (Lipinski definition) is 2. The van der Waals surface area contributed by atoms with Crippen LogP contribution >= 0.6 is 0 Å². The summed E-state index contributed by atoms with van der Waals surface area (Å²) < 4.78 is 2.03. The molecule has 3 nitrogen and oxygen atoms in total. The highest BCUT2D eigenvalue weighted by molar-refractivity contribution is 6.07. The molecule has 1 atom stereocenters. The molecule has 0 aliphatic rings. The minimum atomic E-state index is 0.0801. The summed E-state index contributed by atoms with van der Waals surface area (Å²) in [5, 5.41) is 0. The number of hydrogen-bond donors (Lipinski definition) is 0. The van der Waals surface area contributed by atoms with Crippen LogP contribution in [0.3, 0.4) is 0 Å². The van der Waals surface area contributed by atoms with Crippen LogP contribution < -0.4 is 0 Å². The lowest BCUT2D eigenvalue weighted by atomic mass is 10.1. The molecule has 0 N–H and O–H groups in total. The first-order chi connectivity index (χ1) is 9.09. The molecule has 0 saturated heterocycles. The Morgan fingerprint density at radius 1 is 1.16 bits per heavy atom. The van der Waals surface area contributed by atoms with Gasteiger partial charge in [-0.2, -0.15) is 0 Å². The van der Waals surface area contributed by atoms with Crippen LogP contribution in [0, 0.1) is 0 Å². The zero-order valence-corrected chi connectivity index (χ0v) is 11.7. The molecule has 0 bridgehead atoms. The molecule has 100 valence electrons. The van der Waals surface area contributed by atoms with Gasteiger partial charge in [0, 0.05) is 24.3 Å². The summed E-state index contributed by atoms with van der Waals surface area (Å²) in [6, 6.07) is 13.6. The first-order valence-corrected chi connectivity index (χ1v) is 6.51. The molecular weight excluding hydrogens is 236 g/mol. The van der Waals surface area contributed by atoms with Gasteiger partial charge in [-0.1, -0.05) is 30.3 Å². The van der Waals surface area contributed by atoms with E-state index in [1.807, 2.05) is 67.3 Å². The van der Waals surface area contributed by atoms with Crippen molar-refractivity contribution in [3.05, 3.63) is 59.9 Å². The summed E-state index contributed by atoms with van der Waals surface area (Å²) in [7, 11) is 4.10. The topological polar surface area (TPSA) is 25.2 Å². The average molecular weight is 256 g/mol. The SMILES string of the molecule is CC(Cn1cccc1C(=O)c1ccccc1)N(C)C. The first kappa shape index (κ1) is 13.6. The van der Waals surface area contributed by atoms with Gasteiger partial charge in [-0.05, 0) is 33.2 Å². The number of aromatic nitrogens is 1. The van der Waals surface area contributed by atoms with Crippen molar-refractivity contribution >= 4 is 5.78 Å². The van der Waals surface area contributed by atoms with Gasteiger partial charge in [-0.3, -0.25) is 4.79 Å². The Hall–Kier alpha value is -1.87. The van der Waals surface area contributed by atoms with E-state index in [2.05, 4.69) is 11.8 Å². The largest absolute Gasteiger partial charge is 0.343 e. The smallest absolute Gasteiger partial charge is 0.209 e. The van der Waals surface area contributed by atoms with E-state index < -0.39 is 0 Å². The molecule has 2 aromatic rings. The van der Waals surface area contributed by atoms with Crippen molar-refractivity contribution < 1.29 is 4.79 Å².